The fourth-order valence-electron chi connectivity index (χ4n) is 2.63. The van der Waals surface area contributed by atoms with Crippen molar-refractivity contribution in [3.8, 4) is 5.75 Å². The molecule has 2 rings (SSSR count). The molecule has 0 heterocycles. The third kappa shape index (κ3) is 5.55. The van der Waals surface area contributed by atoms with Crippen LogP contribution in [0.15, 0.2) is 53.4 Å². The predicted octanol–water partition coefficient (Wildman–Crippen LogP) is 4.38. The van der Waals surface area contributed by atoms with Crippen LogP contribution in [0.4, 0.5) is 4.39 Å². The van der Waals surface area contributed by atoms with E-state index < -0.39 is 15.9 Å². The molecule has 0 N–H and O–H groups in total. The Morgan fingerprint density at radius 1 is 1.04 bits per heavy atom. The van der Waals surface area contributed by atoms with Crippen molar-refractivity contribution >= 4 is 16.0 Å². The summed E-state index contributed by atoms with van der Waals surface area (Å²) in [7, 11) is -4.04. The lowest BCUT2D eigenvalue weighted by Crippen LogP contribution is -2.40. The Hall–Kier alpha value is -2.41. The van der Waals surface area contributed by atoms with Gasteiger partial charge in [0.15, 0.2) is 0 Å². The summed E-state index contributed by atoms with van der Waals surface area (Å²) in [5.41, 5.74) is 0.876. The van der Waals surface area contributed by atoms with Crippen LogP contribution in [0, 0.1) is 11.7 Å². The maximum atomic E-state index is 13.0. The predicted molar refractivity (Wildman–Crippen MR) is 106 cm³/mol. The molecule has 0 saturated carbocycles. The summed E-state index contributed by atoms with van der Waals surface area (Å²) in [6, 6.07) is 11.1. The Morgan fingerprint density at radius 3 is 2.11 bits per heavy atom. The molecule has 0 spiro atoms. The minimum atomic E-state index is -4.04. The monoisotopic (exact) mass is 407 g/mol. The number of nitrogens with zero attached hydrogens (tertiary/aromatic N) is 1. The first-order valence-electron chi connectivity index (χ1n) is 9.23. The topological polar surface area (TPSA) is 63.7 Å². The molecule has 5 nitrogen and oxygen atoms in total. The molecule has 2 aromatic rings. The Labute approximate surface area is 166 Å². The van der Waals surface area contributed by atoms with Crippen molar-refractivity contribution in [1.82, 2.24) is 4.90 Å². The zero-order valence-electron chi connectivity index (χ0n) is 16.6. The van der Waals surface area contributed by atoms with E-state index in [1.807, 2.05) is 32.6 Å². The van der Waals surface area contributed by atoms with Crippen molar-refractivity contribution in [2.45, 2.75) is 51.6 Å². The lowest BCUT2D eigenvalue weighted by atomic mass is 10.1. The fourth-order valence-corrected chi connectivity index (χ4v) is 3.56. The quantitative estimate of drug-likeness (QED) is 0.610. The van der Waals surface area contributed by atoms with Gasteiger partial charge in [0.2, 0.25) is 5.91 Å². The molecule has 1 amide bonds. The Bertz CT molecular complexity index is 893. The summed E-state index contributed by atoms with van der Waals surface area (Å²) < 4.78 is 42.6. The summed E-state index contributed by atoms with van der Waals surface area (Å²) >= 11 is 0. The van der Waals surface area contributed by atoms with Crippen LogP contribution in [0.25, 0.3) is 0 Å². The number of amides is 1. The Balaban J connectivity index is 2.14. The fraction of sp³-hybridized carbons (Fsp3) is 0.381. The Kier molecular flexibility index (Phi) is 7.18. The molecular formula is C21H26FNO4S. The highest BCUT2D eigenvalue weighted by molar-refractivity contribution is 7.87. The number of benzene rings is 2. The summed E-state index contributed by atoms with van der Waals surface area (Å²) in [6.45, 7) is 8.22. The molecule has 0 aliphatic carbocycles. The van der Waals surface area contributed by atoms with E-state index in [1.165, 1.54) is 0 Å². The zero-order valence-corrected chi connectivity index (χ0v) is 17.4. The van der Waals surface area contributed by atoms with Gasteiger partial charge in [-0.25, -0.2) is 4.39 Å². The lowest BCUT2D eigenvalue weighted by Gasteiger charge is -2.30. The van der Waals surface area contributed by atoms with Crippen molar-refractivity contribution in [1.29, 1.82) is 0 Å². The van der Waals surface area contributed by atoms with Crippen LogP contribution >= 0.6 is 0 Å². The van der Waals surface area contributed by atoms with Crippen LogP contribution in [0.5, 0.6) is 5.75 Å². The molecule has 0 radical (unpaired) electrons. The van der Waals surface area contributed by atoms with Gasteiger partial charge in [0, 0.05) is 18.5 Å². The van der Waals surface area contributed by atoms with Crippen LogP contribution in [-0.4, -0.2) is 25.3 Å². The number of rotatable bonds is 8. The molecule has 28 heavy (non-hydrogen) atoms. The summed E-state index contributed by atoms with van der Waals surface area (Å²) in [5, 5.41) is 0. The highest BCUT2D eigenvalue weighted by Gasteiger charge is 2.22. The van der Waals surface area contributed by atoms with Gasteiger partial charge in [-0.1, -0.05) is 32.9 Å². The van der Waals surface area contributed by atoms with Crippen LogP contribution in [0.2, 0.25) is 0 Å². The third-order valence-electron chi connectivity index (χ3n) is 4.48. The zero-order chi connectivity index (χ0) is 20.9. The first-order valence-corrected chi connectivity index (χ1v) is 10.6. The smallest absolute Gasteiger partial charge is 0.339 e. The number of carbonyl (C=O) groups excluding carboxylic acids is 1. The summed E-state index contributed by atoms with van der Waals surface area (Å²) in [4.78, 5) is 14.2. The number of hydrogen-bond donors (Lipinski definition) is 0. The average molecular weight is 408 g/mol. The van der Waals surface area contributed by atoms with Crippen molar-refractivity contribution in [3.05, 3.63) is 59.9 Å². The van der Waals surface area contributed by atoms with Crippen LogP contribution in [-0.2, 0) is 21.5 Å². The second-order valence-electron chi connectivity index (χ2n) is 7.01. The normalized spacial score (nSPS) is 12.6. The van der Waals surface area contributed by atoms with E-state index >= 15 is 0 Å². The molecular weight excluding hydrogens is 381 g/mol. The molecule has 2 aromatic carbocycles. The first kappa shape index (κ1) is 21.9. The molecule has 152 valence electrons. The van der Waals surface area contributed by atoms with E-state index in [-0.39, 0.29) is 28.5 Å². The van der Waals surface area contributed by atoms with Gasteiger partial charge in [0.25, 0.3) is 0 Å². The minimum absolute atomic E-state index is 0.0774. The maximum absolute atomic E-state index is 13.0. The molecule has 0 aliphatic rings. The van der Waals surface area contributed by atoms with Crippen molar-refractivity contribution in [2.24, 2.45) is 5.92 Å². The van der Waals surface area contributed by atoms with Crippen molar-refractivity contribution < 1.29 is 21.8 Å². The molecule has 0 bridgehead atoms. The van der Waals surface area contributed by atoms with Crippen LogP contribution < -0.4 is 4.18 Å². The molecule has 1 atom stereocenters. The van der Waals surface area contributed by atoms with Gasteiger partial charge in [-0.2, -0.15) is 8.42 Å². The van der Waals surface area contributed by atoms with Crippen molar-refractivity contribution in [3.63, 3.8) is 0 Å². The Morgan fingerprint density at radius 2 is 1.61 bits per heavy atom. The largest absolute Gasteiger partial charge is 0.379 e. The van der Waals surface area contributed by atoms with Gasteiger partial charge in [0.1, 0.15) is 16.5 Å². The molecule has 0 fully saturated rings. The first-order chi connectivity index (χ1) is 13.1. The standard InChI is InChI=1S/C21H26FNO4S/c1-5-16(4)23(21(24)15(2)3)14-17-6-10-19(11-7-17)27-28(25,26)20-12-8-18(22)9-13-20/h6-13,15-16H,5,14H2,1-4H3/t16-/m0/s1. The second-order valence-corrected chi connectivity index (χ2v) is 8.56. The molecule has 0 saturated heterocycles. The number of halogens is 1. The highest BCUT2D eigenvalue weighted by atomic mass is 32.2. The highest BCUT2D eigenvalue weighted by Crippen LogP contribution is 2.21. The minimum Gasteiger partial charge on any atom is -0.379 e. The molecule has 0 unspecified atom stereocenters. The molecule has 0 aliphatic heterocycles. The van der Waals surface area contributed by atoms with E-state index in [0.29, 0.717) is 6.54 Å². The van der Waals surface area contributed by atoms with Crippen molar-refractivity contribution in [2.75, 3.05) is 0 Å². The van der Waals surface area contributed by atoms with Gasteiger partial charge in [-0.15, -0.1) is 0 Å². The third-order valence-corrected chi connectivity index (χ3v) is 5.75. The number of carbonyl (C=O) groups is 1. The van der Waals surface area contributed by atoms with Gasteiger partial charge in [-0.3, -0.25) is 4.79 Å². The van der Waals surface area contributed by atoms with E-state index in [0.717, 1.165) is 36.2 Å². The number of hydrogen-bond acceptors (Lipinski definition) is 4. The maximum Gasteiger partial charge on any atom is 0.339 e. The van der Waals surface area contributed by atoms with E-state index in [4.69, 9.17) is 4.18 Å². The second kappa shape index (κ2) is 9.19. The van der Waals surface area contributed by atoms with Gasteiger partial charge in [-0.05, 0) is 55.3 Å². The van der Waals surface area contributed by atoms with E-state index in [9.17, 15) is 17.6 Å². The average Bonchev–Trinajstić information content (AvgIpc) is 2.66. The van der Waals surface area contributed by atoms with Gasteiger partial charge in [0.05, 0.1) is 0 Å². The lowest BCUT2D eigenvalue weighted by molar-refractivity contribution is -0.137. The molecule has 0 aromatic heterocycles. The van der Waals surface area contributed by atoms with E-state index in [1.54, 1.807) is 24.3 Å². The summed E-state index contributed by atoms with van der Waals surface area (Å²) in [6.07, 6.45) is 0.843. The SMILES string of the molecule is CC[C@H](C)N(Cc1ccc(OS(=O)(=O)c2ccc(F)cc2)cc1)C(=O)C(C)C. The molecule has 7 heteroatoms. The van der Waals surface area contributed by atoms with Gasteiger partial charge >= 0.3 is 10.1 Å². The summed E-state index contributed by atoms with van der Waals surface area (Å²) in [5.74, 6) is -0.394. The van der Waals surface area contributed by atoms with Gasteiger partial charge < -0.3 is 9.08 Å². The van der Waals surface area contributed by atoms with Crippen LogP contribution in [0.3, 0.4) is 0 Å². The van der Waals surface area contributed by atoms with E-state index in [2.05, 4.69) is 0 Å². The van der Waals surface area contributed by atoms with Crippen LogP contribution in [0.1, 0.15) is 39.7 Å².